The number of carbonyl (C=O) groups excluding carboxylic acids is 2. The number of benzene rings is 1. The molecule has 0 aromatic heterocycles. The largest absolute Gasteiger partial charge is 0.481 e. The van der Waals surface area contributed by atoms with Gasteiger partial charge in [0.15, 0.2) is 0 Å². The van der Waals surface area contributed by atoms with Crippen molar-refractivity contribution in [1.82, 2.24) is 5.43 Å². The standard InChI is InChI=1S/C14H15N3O4/c1-8-6-12(19)16-17-14(8)9-2-4-10(5-3-9)15-11(18)7-13(20)21/h2-5,8H,6-7H2,1H3,(H,15,18)(H,16,19)(H,20,21). The normalized spacial score (nSPS) is 17.7. The number of rotatable bonds is 4. The molecule has 1 aromatic rings. The average Bonchev–Trinajstić information content (AvgIpc) is 2.39. The van der Waals surface area contributed by atoms with Gasteiger partial charge in [-0.25, -0.2) is 5.43 Å². The maximum absolute atomic E-state index is 11.3. The van der Waals surface area contributed by atoms with E-state index in [0.29, 0.717) is 12.1 Å². The highest BCUT2D eigenvalue weighted by Crippen LogP contribution is 2.18. The quantitative estimate of drug-likeness (QED) is 0.717. The monoisotopic (exact) mass is 289 g/mol. The summed E-state index contributed by atoms with van der Waals surface area (Å²) < 4.78 is 0. The molecular formula is C14H15N3O4. The van der Waals surface area contributed by atoms with Crippen molar-refractivity contribution in [1.29, 1.82) is 0 Å². The molecule has 0 saturated heterocycles. The van der Waals surface area contributed by atoms with Crippen LogP contribution < -0.4 is 10.7 Å². The van der Waals surface area contributed by atoms with Crippen LogP contribution in [-0.4, -0.2) is 28.6 Å². The lowest BCUT2D eigenvalue weighted by atomic mass is 9.94. The summed E-state index contributed by atoms with van der Waals surface area (Å²) in [4.78, 5) is 32.9. The molecule has 2 amide bonds. The molecule has 21 heavy (non-hydrogen) atoms. The predicted octanol–water partition coefficient (Wildman–Crippen LogP) is 0.960. The molecule has 0 spiro atoms. The molecule has 7 nitrogen and oxygen atoms in total. The SMILES string of the molecule is CC1CC(=O)NN=C1c1ccc(NC(=O)CC(=O)O)cc1. The van der Waals surface area contributed by atoms with E-state index in [1.165, 1.54) is 0 Å². The van der Waals surface area contributed by atoms with Crippen LogP contribution in [0.25, 0.3) is 0 Å². The van der Waals surface area contributed by atoms with Crippen LogP contribution in [0, 0.1) is 5.92 Å². The summed E-state index contributed by atoms with van der Waals surface area (Å²) in [6.45, 7) is 1.92. The van der Waals surface area contributed by atoms with E-state index in [0.717, 1.165) is 11.3 Å². The molecule has 1 aliphatic heterocycles. The zero-order chi connectivity index (χ0) is 15.4. The fourth-order valence-electron chi connectivity index (χ4n) is 2.07. The Morgan fingerprint density at radius 2 is 2.05 bits per heavy atom. The summed E-state index contributed by atoms with van der Waals surface area (Å²) in [5.74, 6) is -1.84. The van der Waals surface area contributed by atoms with Crippen molar-refractivity contribution in [3.8, 4) is 0 Å². The Kier molecular flexibility index (Phi) is 4.32. The van der Waals surface area contributed by atoms with Gasteiger partial charge in [-0.15, -0.1) is 0 Å². The third-order valence-electron chi connectivity index (χ3n) is 3.04. The number of carbonyl (C=O) groups is 3. The topological polar surface area (TPSA) is 108 Å². The minimum absolute atomic E-state index is 0.0196. The first-order chi connectivity index (χ1) is 9.95. The lowest BCUT2D eigenvalue weighted by Gasteiger charge is -2.19. The van der Waals surface area contributed by atoms with E-state index in [9.17, 15) is 14.4 Å². The lowest BCUT2D eigenvalue weighted by Crippen LogP contribution is -2.31. The smallest absolute Gasteiger partial charge is 0.312 e. The van der Waals surface area contributed by atoms with Gasteiger partial charge in [0.2, 0.25) is 11.8 Å². The van der Waals surface area contributed by atoms with Gasteiger partial charge in [0.05, 0.1) is 5.71 Å². The van der Waals surface area contributed by atoms with Gasteiger partial charge in [-0.1, -0.05) is 19.1 Å². The summed E-state index contributed by atoms with van der Waals surface area (Å²) in [6, 6.07) is 6.87. The van der Waals surface area contributed by atoms with E-state index in [1.807, 2.05) is 6.92 Å². The first-order valence-corrected chi connectivity index (χ1v) is 6.44. The zero-order valence-electron chi connectivity index (χ0n) is 11.4. The van der Waals surface area contributed by atoms with Gasteiger partial charge in [-0.3, -0.25) is 14.4 Å². The Hall–Kier alpha value is -2.70. The first-order valence-electron chi connectivity index (χ1n) is 6.44. The third kappa shape index (κ3) is 3.88. The van der Waals surface area contributed by atoms with Crippen molar-refractivity contribution in [3.63, 3.8) is 0 Å². The highest BCUT2D eigenvalue weighted by Gasteiger charge is 2.21. The summed E-state index contributed by atoms with van der Waals surface area (Å²) in [6.07, 6.45) is -0.187. The molecule has 110 valence electrons. The number of hydrazone groups is 1. The van der Waals surface area contributed by atoms with E-state index < -0.39 is 18.3 Å². The van der Waals surface area contributed by atoms with Gasteiger partial charge in [0, 0.05) is 18.0 Å². The van der Waals surface area contributed by atoms with Crippen molar-refractivity contribution in [2.45, 2.75) is 19.8 Å². The molecule has 7 heteroatoms. The molecule has 1 aliphatic rings. The molecule has 2 rings (SSSR count). The summed E-state index contributed by atoms with van der Waals surface area (Å²) >= 11 is 0. The van der Waals surface area contributed by atoms with Crippen LogP contribution in [0.15, 0.2) is 29.4 Å². The molecule has 1 aromatic carbocycles. The molecule has 0 aliphatic carbocycles. The second-order valence-corrected chi connectivity index (χ2v) is 4.83. The molecule has 1 heterocycles. The molecule has 0 saturated carbocycles. The van der Waals surface area contributed by atoms with Crippen LogP contribution in [0.3, 0.4) is 0 Å². The first kappa shape index (κ1) is 14.7. The van der Waals surface area contributed by atoms with Gasteiger partial charge >= 0.3 is 5.97 Å². The molecular weight excluding hydrogens is 274 g/mol. The summed E-state index contributed by atoms with van der Waals surface area (Å²) in [7, 11) is 0. The Morgan fingerprint density at radius 1 is 1.38 bits per heavy atom. The van der Waals surface area contributed by atoms with Gasteiger partial charge < -0.3 is 10.4 Å². The maximum Gasteiger partial charge on any atom is 0.312 e. The lowest BCUT2D eigenvalue weighted by molar-refractivity contribution is -0.139. The molecule has 1 atom stereocenters. The number of nitrogens with zero attached hydrogens (tertiary/aromatic N) is 1. The molecule has 0 radical (unpaired) electrons. The number of carboxylic acids is 1. The van der Waals surface area contributed by atoms with Crippen LogP contribution in [0.4, 0.5) is 5.69 Å². The van der Waals surface area contributed by atoms with Crippen LogP contribution in [0.1, 0.15) is 25.3 Å². The van der Waals surface area contributed by atoms with E-state index in [2.05, 4.69) is 15.8 Å². The van der Waals surface area contributed by atoms with E-state index in [-0.39, 0.29) is 11.8 Å². The van der Waals surface area contributed by atoms with Gasteiger partial charge in [0.25, 0.3) is 0 Å². The van der Waals surface area contributed by atoms with E-state index in [1.54, 1.807) is 24.3 Å². The number of hydrogen-bond donors (Lipinski definition) is 3. The minimum atomic E-state index is -1.18. The van der Waals surface area contributed by atoms with Crippen LogP contribution in [0.2, 0.25) is 0 Å². The van der Waals surface area contributed by atoms with Crippen molar-refractivity contribution in [2.24, 2.45) is 11.0 Å². The van der Waals surface area contributed by atoms with Crippen molar-refractivity contribution >= 4 is 29.2 Å². The third-order valence-corrected chi connectivity index (χ3v) is 3.04. The Balaban J connectivity index is 2.07. The number of anilines is 1. The van der Waals surface area contributed by atoms with Gasteiger partial charge in [-0.05, 0) is 17.7 Å². The van der Waals surface area contributed by atoms with Gasteiger partial charge in [-0.2, -0.15) is 5.10 Å². The number of carboxylic acid groups (broad SMARTS) is 1. The fraction of sp³-hybridized carbons (Fsp3) is 0.286. The number of aliphatic carboxylic acids is 1. The Labute approximate surface area is 121 Å². The zero-order valence-corrected chi connectivity index (χ0v) is 11.4. The predicted molar refractivity (Wildman–Crippen MR) is 75.8 cm³/mol. The van der Waals surface area contributed by atoms with Crippen molar-refractivity contribution in [3.05, 3.63) is 29.8 Å². The fourth-order valence-corrected chi connectivity index (χ4v) is 2.07. The molecule has 0 fully saturated rings. The number of amides is 2. The minimum Gasteiger partial charge on any atom is -0.481 e. The number of hydrogen-bond acceptors (Lipinski definition) is 4. The molecule has 1 unspecified atom stereocenters. The van der Waals surface area contributed by atoms with Crippen LogP contribution in [-0.2, 0) is 14.4 Å². The van der Waals surface area contributed by atoms with Crippen molar-refractivity contribution in [2.75, 3.05) is 5.32 Å². The maximum atomic E-state index is 11.3. The van der Waals surface area contributed by atoms with Crippen LogP contribution in [0.5, 0.6) is 0 Å². The van der Waals surface area contributed by atoms with Gasteiger partial charge in [0.1, 0.15) is 6.42 Å². The van der Waals surface area contributed by atoms with Crippen LogP contribution >= 0.6 is 0 Å². The summed E-state index contributed by atoms with van der Waals surface area (Å²) in [5.41, 5.74) is 4.58. The average molecular weight is 289 g/mol. The second-order valence-electron chi connectivity index (χ2n) is 4.83. The number of nitrogens with one attached hydrogen (secondary N) is 2. The van der Waals surface area contributed by atoms with E-state index in [4.69, 9.17) is 5.11 Å². The van der Waals surface area contributed by atoms with Crippen molar-refractivity contribution < 1.29 is 19.5 Å². The summed E-state index contributed by atoms with van der Waals surface area (Å²) in [5, 5.41) is 15.1. The molecule has 3 N–H and O–H groups in total. The molecule has 0 bridgehead atoms. The Morgan fingerprint density at radius 3 is 2.62 bits per heavy atom. The highest BCUT2D eigenvalue weighted by molar-refractivity contribution is 6.06. The Bertz CT molecular complexity index is 607. The second kappa shape index (κ2) is 6.17. The highest BCUT2D eigenvalue weighted by atomic mass is 16.4. The van der Waals surface area contributed by atoms with E-state index >= 15 is 0 Å².